The summed E-state index contributed by atoms with van der Waals surface area (Å²) in [6, 6.07) is 5.54. The molecule has 3 N–H and O–H groups in total. The predicted octanol–water partition coefficient (Wildman–Crippen LogP) is 0.194. The molecular weight excluding hydrogens is 353 g/mol. The number of pyridine rings is 1. The normalized spacial score (nSPS) is 17.2. The maximum atomic E-state index is 14.8. The van der Waals surface area contributed by atoms with Crippen molar-refractivity contribution >= 4 is 23.3 Å². The van der Waals surface area contributed by atoms with Gasteiger partial charge in [-0.25, -0.2) is 4.39 Å². The summed E-state index contributed by atoms with van der Waals surface area (Å²) in [7, 11) is 2.00. The van der Waals surface area contributed by atoms with Crippen molar-refractivity contribution in [2.24, 2.45) is 0 Å². The average molecular weight is 371 g/mol. The van der Waals surface area contributed by atoms with Crippen LogP contribution >= 0.6 is 0 Å². The molecule has 0 spiro atoms. The van der Waals surface area contributed by atoms with Crippen LogP contribution in [0.15, 0.2) is 29.1 Å². The standard InChI is InChI=1S/C18H18FN5O3/c1-22-5-7-23(8-6-22)12-4-2-3-11(19)15(12)24-13(25)9-10-14(16(24)20)18(27)21-17(10)26/h2-4,9H,5-8,20H2,1H3,(H,21,26,27). The lowest BCUT2D eigenvalue weighted by atomic mass is 10.1. The van der Waals surface area contributed by atoms with Crippen molar-refractivity contribution < 1.29 is 14.0 Å². The number of aromatic nitrogens is 1. The molecule has 140 valence electrons. The van der Waals surface area contributed by atoms with Crippen LogP contribution in [0, 0.1) is 5.82 Å². The highest BCUT2D eigenvalue weighted by atomic mass is 19.1. The Morgan fingerprint density at radius 1 is 1.07 bits per heavy atom. The molecule has 1 saturated heterocycles. The van der Waals surface area contributed by atoms with Gasteiger partial charge >= 0.3 is 0 Å². The molecule has 1 aromatic carbocycles. The molecule has 9 heteroatoms. The van der Waals surface area contributed by atoms with Crippen LogP contribution in [0.1, 0.15) is 20.7 Å². The third-order valence-electron chi connectivity index (χ3n) is 4.99. The van der Waals surface area contributed by atoms with Crippen LogP contribution < -0.4 is 21.5 Å². The van der Waals surface area contributed by atoms with Gasteiger partial charge < -0.3 is 15.5 Å². The lowest BCUT2D eigenvalue weighted by Crippen LogP contribution is -2.45. The molecule has 0 atom stereocenters. The summed E-state index contributed by atoms with van der Waals surface area (Å²) in [4.78, 5) is 40.7. The minimum atomic E-state index is -0.696. The van der Waals surface area contributed by atoms with E-state index in [1.54, 1.807) is 12.1 Å². The summed E-state index contributed by atoms with van der Waals surface area (Å²) in [6.07, 6.45) is 0. The second-order valence-corrected chi connectivity index (χ2v) is 6.67. The smallest absolute Gasteiger partial charge is 0.262 e. The van der Waals surface area contributed by atoms with Gasteiger partial charge in [0.15, 0.2) is 0 Å². The average Bonchev–Trinajstić information content (AvgIpc) is 2.91. The van der Waals surface area contributed by atoms with E-state index >= 15 is 0 Å². The van der Waals surface area contributed by atoms with Gasteiger partial charge in [-0.3, -0.25) is 24.3 Å². The van der Waals surface area contributed by atoms with Crippen LogP contribution in [0.4, 0.5) is 15.9 Å². The maximum absolute atomic E-state index is 14.8. The van der Waals surface area contributed by atoms with E-state index in [0.717, 1.165) is 23.7 Å². The minimum absolute atomic E-state index is 0.0143. The monoisotopic (exact) mass is 371 g/mol. The van der Waals surface area contributed by atoms with E-state index in [4.69, 9.17) is 5.73 Å². The van der Waals surface area contributed by atoms with E-state index in [1.807, 2.05) is 11.9 Å². The van der Waals surface area contributed by atoms with Crippen molar-refractivity contribution in [3.8, 4) is 5.69 Å². The molecule has 1 aromatic heterocycles. The van der Waals surface area contributed by atoms with E-state index < -0.39 is 23.2 Å². The minimum Gasteiger partial charge on any atom is -0.384 e. The molecule has 0 radical (unpaired) electrons. The fourth-order valence-corrected chi connectivity index (χ4v) is 3.54. The number of benzene rings is 1. The van der Waals surface area contributed by atoms with Gasteiger partial charge in [-0.15, -0.1) is 0 Å². The summed E-state index contributed by atoms with van der Waals surface area (Å²) in [5.74, 6) is -2.26. The summed E-state index contributed by atoms with van der Waals surface area (Å²) >= 11 is 0. The van der Waals surface area contributed by atoms with Crippen LogP contribution in [0.3, 0.4) is 0 Å². The molecule has 2 aliphatic heterocycles. The number of carbonyl (C=O) groups excluding carboxylic acids is 2. The molecule has 2 aromatic rings. The molecule has 0 bridgehead atoms. The van der Waals surface area contributed by atoms with Gasteiger partial charge in [0.1, 0.15) is 17.3 Å². The Hall–Kier alpha value is -3.20. The molecule has 0 aliphatic carbocycles. The second kappa shape index (κ2) is 6.20. The molecule has 0 unspecified atom stereocenters. The number of halogens is 1. The topological polar surface area (TPSA) is 101 Å². The van der Waals surface area contributed by atoms with Crippen LogP contribution in [-0.4, -0.2) is 54.5 Å². The van der Waals surface area contributed by atoms with Crippen molar-refractivity contribution in [1.82, 2.24) is 14.8 Å². The van der Waals surface area contributed by atoms with Crippen molar-refractivity contribution in [3.05, 3.63) is 51.6 Å². The predicted molar refractivity (Wildman–Crippen MR) is 97.9 cm³/mol. The fourth-order valence-electron chi connectivity index (χ4n) is 3.54. The molecule has 2 aliphatic rings. The molecular formula is C18H18FN5O3. The highest BCUT2D eigenvalue weighted by molar-refractivity contribution is 6.23. The lowest BCUT2D eigenvalue weighted by Gasteiger charge is -2.35. The number of nitrogens with one attached hydrogen (secondary N) is 1. The van der Waals surface area contributed by atoms with E-state index in [1.165, 1.54) is 6.07 Å². The van der Waals surface area contributed by atoms with E-state index in [-0.39, 0.29) is 22.6 Å². The van der Waals surface area contributed by atoms with Gasteiger partial charge in [0.05, 0.1) is 16.8 Å². The zero-order valence-corrected chi connectivity index (χ0v) is 14.7. The van der Waals surface area contributed by atoms with Gasteiger partial charge in [0, 0.05) is 32.2 Å². The fraction of sp³-hybridized carbons (Fsp3) is 0.278. The van der Waals surface area contributed by atoms with E-state index in [0.29, 0.717) is 18.8 Å². The lowest BCUT2D eigenvalue weighted by molar-refractivity contribution is 0.0880. The first-order chi connectivity index (χ1) is 12.9. The molecule has 27 heavy (non-hydrogen) atoms. The Kier molecular flexibility index (Phi) is 3.96. The number of piperazine rings is 1. The van der Waals surface area contributed by atoms with Gasteiger partial charge in [0.2, 0.25) is 0 Å². The quantitative estimate of drug-likeness (QED) is 0.731. The van der Waals surface area contributed by atoms with Crippen LogP contribution in [0.5, 0.6) is 0 Å². The SMILES string of the molecule is CN1CCN(c2cccc(F)c2-n2c(N)c3c(cc2=O)C(=O)NC3=O)CC1. The third kappa shape index (κ3) is 2.67. The number of hydrogen-bond acceptors (Lipinski definition) is 6. The molecule has 0 saturated carbocycles. The van der Waals surface area contributed by atoms with Gasteiger partial charge in [-0.2, -0.15) is 0 Å². The van der Waals surface area contributed by atoms with Crippen molar-refractivity contribution in [2.45, 2.75) is 0 Å². The zero-order chi connectivity index (χ0) is 19.3. The Balaban J connectivity index is 1.93. The van der Waals surface area contributed by atoms with E-state index in [9.17, 15) is 18.8 Å². The number of likely N-dealkylation sites (N-methyl/N-ethyl adjacent to an activating group) is 1. The highest BCUT2D eigenvalue weighted by Crippen LogP contribution is 2.31. The van der Waals surface area contributed by atoms with Gasteiger partial charge in [-0.1, -0.05) is 6.07 Å². The van der Waals surface area contributed by atoms with Gasteiger partial charge in [-0.05, 0) is 19.2 Å². The number of carbonyl (C=O) groups is 2. The first kappa shape index (κ1) is 17.2. The Labute approximate surface area is 154 Å². The summed E-state index contributed by atoms with van der Waals surface area (Å²) in [6.45, 7) is 2.90. The summed E-state index contributed by atoms with van der Waals surface area (Å²) in [5.41, 5.74) is 5.71. The molecule has 1 fully saturated rings. The van der Waals surface area contributed by atoms with Crippen LogP contribution in [0.25, 0.3) is 5.69 Å². The number of rotatable bonds is 2. The zero-order valence-electron chi connectivity index (χ0n) is 14.7. The molecule has 4 rings (SSSR count). The summed E-state index contributed by atoms with van der Waals surface area (Å²) in [5, 5.41) is 2.11. The number of amides is 2. The number of nitrogens with two attached hydrogens (primary N) is 1. The van der Waals surface area contributed by atoms with Crippen molar-refractivity contribution in [2.75, 3.05) is 43.9 Å². The van der Waals surface area contributed by atoms with Gasteiger partial charge in [0.25, 0.3) is 17.4 Å². The Morgan fingerprint density at radius 2 is 1.78 bits per heavy atom. The van der Waals surface area contributed by atoms with Crippen LogP contribution in [0.2, 0.25) is 0 Å². The summed E-state index contributed by atoms with van der Waals surface area (Å²) < 4.78 is 15.8. The number of hydrogen-bond donors (Lipinski definition) is 2. The maximum Gasteiger partial charge on any atom is 0.262 e. The van der Waals surface area contributed by atoms with Crippen molar-refractivity contribution in [3.63, 3.8) is 0 Å². The molecule has 2 amide bonds. The first-order valence-electron chi connectivity index (χ1n) is 8.52. The number of nitrogen functional groups attached to an aromatic ring is 1. The first-order valence-corrected chi connectivity index (χ1v) is 8.52. The molecule has 8 nitrogen and oxygen atoms in total. The Morgan fingerprint density at radius 3 is 2.48 bits per heavy atom. The highest BCUT2D eigenvalue weighted by Gasteiger charge is 2.33. The Bertz CT molecular complexity index is 1020. The number of imide groups is 1. The number of nitrogens with zero attached hydrogens (tertiary/aromatic N) is 3. The largest absolute Gasteiger partial charge is 0.384 e. The van der Waals surface area contributed by atoms with Crippen molar-refractivity contribution in [1.29, 1.82) is 0 Å². The number of fused-ring (bicyclic) bond motifs is 1. The molecule has 3 heterocycles. The number of anilines is 2. The second-order valence-electron chi connectivity index (χ2n) is 6.67. The van der Waals surface area contributed by atoms with E-state index in [2.05, 4.69) is 10.2 Å². The number of para-hydroxylation sites is 1. The third-order valence-corrected chi connectivity index (χ3v) is 4.99. The van der Waals surface area contributed by atoms with Crippen LogP contribution in [-0.2, 0) is 0 Å².